The van der Waals surface area contributed by atoms with Crippen LogP contribution >= 0.6 is 0 Å². The quantitative estimate of drug-likeness (QED) is 0.871. The molecule has 0 bridgehead atoms. The van der Waals surface area contributed by atoms with Crippen LogP contribution in [0.2, 0.25) is 0 Å². The molecule has 1 amide bonds. The van der Waals surface area contributed by atoms with Crippen LogP contribution in [0.3, 0.4) is 0 Å². The highest BCUT2D eigenvalue weighted by Gasteiger charge is 2.18. The van der Waals surface area contributed by atoms with Gasteiger partial charge in [0.05, 0.1) is 0 Å². The first-order valence-electron chi connectivity index (χ1n) is 6.55. The number of aromatic nitrogens is 2. The van der Waals surface area contributed by atoms with E-state index in [1.54, 1.807) is 6.20 Å². The minimum absolute atomic E-state index is 0.128. The number of carbonyl (C=O) groups is 1. The van der Waals surface area contributed by atoms with Gasteiger partial charge in [0.1, 0.15) is 5.82 Å². The van der Waals surface area contributed by atoms with Gasteiger partial charge in [-0.2, -0.15) is 0 Å². The molecule has 106 valence electrons. The summed E-state index contributed by atoms with van der Waals surface area (Å²) in [5.74, 6) is 0.807. The normalized spacial score (nSPS) is 12.1. The van der Waals surface area contributed by atoms with Crippen LogP contribution in [0.25, 0.3) is 0 Å². The molecule has 0 fully saturated rings. The largest absolute Gasteiger partial charge is 0.367 e. The summed E-state index contributed by atoms with van der Waals surface area (Å²) in [6, 6.07) is 9.46. The second-order valence-corrected chi connectivity index (χ2v) is 4.49. The Morgan fingerprint density at radius 1 is 1.40 bits per heavy atom. The Hall–Kier alpha value is -2.14. The van der Waals surface area contributed by atoms with Crippen molar-refractivity contribution in [2.24, 2.45) is 0 Å². The molecule has 20 heavy (non-hydrogen) atoms. The van der Waals surface area contributed by atoms with Gasteiger partial charge in [0, 0.05) is 32.6 Å². The third-order valence-corrected chi connectivity index (χ3v) is 3.15. The molecule has 5 heteroatoms. The molecule has 1 N–H and O–H groups in total. The maximum absolute atomic E-state index is 12.1. The van der Waals surface area contributed by atoms with Crippen molar-refractivity contribution in [3.05, 3.63) is 54.1 Å². The molecule has 0 aliphatic carbocycles. The lowest BCUT2D eigenvalue weighted by atomic mass is 10.1. The second-order valence-electron chi connectivity index (χ2n) is 4.49. The molecule has 0 saturated heterocycles. The van der Waals surface area contributed by atoms with E-state index in [4.69, 9.17) is 4.74 Å². The first kappa shape index (κ1) is 14.3. The number of carbonyl (C=O) groups excluding carboxylic acids is 1. The fraction of sp³-hybridized carbons (Fsp3) is 0.333. The number of nitrogens with one attached hydrogen (secondary N) is 1. The smallest absolute Gasteiger partial charge is 0.253 e. The average molecular weight is 273 g/mol. The van der Waals surface area contributed by atoms with E-state index in [-0.39, 0.29) is 5.91 Å². The molecule has 0 aliphatic heterocycles. The van der Waals surface area contributed by atoms with Crippen LogP contribution in [-0.4, -0.2) is 29.1 Å². The lowest BCUT2D eigenvalue weighted by molar-refractivity contribution is -0.131. The summed E-state index contributed by atoms with van der Waals surface area (Å²) in [6.07, 6.45) is 3.08. The van der Waals surface area contributed by atoms with Gasteiger partial charge in [-0.15, -0.1) is 0 Å². The molecule has 0 spiro atoms. The first-order chi connectivity index (χ1) is 9.72. The Kier molecular flexibility index (Phi) is 4.90. The van der Waals surface area contributed by atoms with Crippen molar-refractivity contribution in [3.8, 4) is 0 Å². The molecule has 1 aromatic carbocycles. The molecule has 2 aromatic rings. The number of benzene rings is 1. The van der Waals surface area contributed by atoms with Crippen molar-refractivity contribution in [3.63, 3.8) is 0 Å². The molecular formula is C15H19N3O2. The fourth-order valence-corrected chi connectivity index (χ4v) is 2.05. The Balaban J connectivity index is 1.89. The summed E-state index contributed by atoms with van der Waals surface area (Å²) >= 11 is 0. The maximum atomic E-state index is 12.1. The van der Waals surface area contributed by atoms with Gasteiger partial charge in [-0.3, -0.25) is 4.79 Å². The summed E-state index contributed by atoms with van der Waals surface area (Å²) in [4.78, 5) is 16.3. The summed E-state index contributed by atoms with van der Waals surface area (Å²) < 4.78 is 7.27. The van der Waals surface area contributed by atoms with Crippen LogP contribution in [-0.2, 0) is 16.1 Å². The van der Waals surface area contributed by atoms with Crippen LogP contribution in [0, 0.1) is 6.92 Å². The molecular weight excluding hydrogens is 254 g/mol. The van der Waals surface area contributed by atoms with Crippen LogP contribution in [0.4, 0.5) is 0 Å². The summed E-state index contributed by atoms with van der Waals surface area (Å²) in [5, 5.41) is 2.89. The summed E-state index contributed by atoms with van der Waals surface area (Å²) in [7, 11) is 1.54. The lowest BCUT2D eigenvalue weighted by Crippen LogP contribution is -2.32. The van der Waals surface area contributed by atoms with Gasteiger partial charge in [0.2, 0.25) is 0 Å². The van der Waals surface area contributed by atoms with Crippen molar-refractivity contribution in [2.45, 2.75) is 19.6 Å². The van der Waals surface area contributed by atoms with E-state index in [1.165, 1.54) is 7.11 Å². The van der Waals surface area contributed by atoms with Crippen LogP contribution in [0.5, 0.6) is 0 Å². The van der Waals surface area contributed by atoms with Crippen LogP contribution in [0.1, 0.15) is 17.5 Å². The SMILES string of the molecule is CO[C@H](C(=O)NCCn1ccnc1C)c1ccccc1. The summed E-state index contributed by atoms with van der Waals surface area (Å²) in [5.41, 5.74) is 0.853. The lowest BCUT2D eigenvalue weighted by Gasteiger charge is -2.16. The predicted octanol–water partition coefficient (Wildman–Crippen LogP) is 1.70. The van der Waals surface area contributed by atoms with E-state index in [0.717, 1.165) is 11.4 Å². The van der Waals surface area contributed by atoms with Crippen LogP contribution in [0.15, 0.2) is 42.7 Å². The molecule has 1 heterocycles. The minimum atomic E-state index is -0.569. The summed E-state index contributed by atoms with van der Waals surface area (Å²) in [6.45, 7) is 3.18. The molecule has 5 nitrogen and oxygen atoms in total. The molecule has 1 aromatic heterocycles. The number of ether oxygens (including phenoxy) is 1. The van der Waals surface area contributed by atoms with E-state index in [1.807, 2.05) is 48.0 Å². The number of nitrogens with zero attached hydrogens (tertiary/aromatic N) is 2. The van der Waals surface area contributed by atoms with E-state index >= 15 is 0 Å². The zero-order chi connectivity index (χ0) is 14.4. The van der Waals surface area contributed by atoms with Gasteiger partial charge in [-0.25, -0.2) is 4.98 Å². The van der Waals surface area contributed by atoms with Gasteiger partial charge in [-0.1, -0.05) is 30.3 Å². The Labute approximate surface area is 118 Å². The molecule has 0 unspecified atom stereocenters. The van der Waals surface area contributed by atoms with Gasteiger partial charge < -0.3 is 14.6 Å². The number of hydrogen-bond acceptors (Lipinski definition) is 3. The van der Waals surface area contributed by atoms with Gasteiger partial charge in [-0.05, 0) is 12.5 Å². The van der Waals surface area contributed by atoms with Crippen molar-refractivity contribution >= 4 is 5.91 Å². The Morgan fingerprint density at radius 3 is 2.75 bits per heavy atom. The molecule has 0 aliphatic rings. The topological polar surface area (TPSA) is 56.1 Å². The third kappa shape index (κ3) is 3.45. The van der Waals surface area contributed by atoms with Crippen LogP contribution < -0.4 is 5.32 Å². The fourth-order valence-electron chi connectivity index (χ4n) is 2.05. The Morgan fingerprint density at radius 2 is 2.15 bits per heavy atom. The third-order valence-electron chi connectivity index (χ3n) is 3.15. The standard InChI is InChI=1S/C15H19N3O2/c1-12-16-8-10-18(12)11-9-17-15(19)14(20-2)13-6-4-3-5-7-13/h3-8,10,14H,9,11H2,1-2H3,(H,17,19)/t14-/m0/s1. The van der Waals surface area contributed by atoms with Crippen molar-refractivity contribution < 1.29 is 9.53 Å². The molecule has 0 saturated carbocycles. The zero-order valence-corrected chi connectivity index (χ0v) is 11.7. The molecule has 0 radical (unpaired) electrons. The van der Waals surface area contributed by atoms with E-state index in [9.17, 15) is 4.79 Å². The predicted molar refractivity (Wildman–Crippen MR) is 76.2 cm³/mol. The highest BCUT2D eigenvalue weighted by molar-refractivity contribution is 5.82. The minimum Gasteiger partial charge on any atom is -0.367 e. The first-order valence-corrected chi connectivity index (χ1v) is 6.55. The highest BCUT2D eigenvalue weighted by atomic mass is 16.5. The van der Waals surface area contributed by atoms with Gasteiger partial charge in [0.25, 0.3) is 5.91 Å². The highest BCUT2D eigenvalue weighted by Crippen LogP contribution is 2.15. The number of aryl methyl sites for hydroxylation is 1. The van der Waals surface area contributed by atoms with Gasteiger partial charge in [0.15, 0.2) is 6.10 Å². The molecule has 1 atom stereocenters. The molecule has 2 rings (SSSR count). The van der Waals surface area contributed by atoms with Crippen molar-refractivity contribution in [1.29, 1.82) is 0 Å². The van der Waals surface area contributed by atoms with E-state index in [0.29, 0.717) is 13.1 Å². The van der Waals surface area contributed by atoms with Gasteiger partial charge >= 0.3 is 0 Å². The average Bonchev–Trinajstić information content (AvgIpc) is 2.86. The Bertz CT molecular complexity index is 551. The van der Waals surface area contributed by atoms with E-state index in [2.05, 4.69) is 10.3 Å². The van der Waals surface area contributed by atoms with Crippen molar-refractivity contribution in [2.75, 3.05) is 13.7 Å². The zero-order valence-electron chi connectivity index (χ0n) is 11.7. The number of rotatable bonds is 6. The number of methoxy groups -OCH3 is 1. The monoisotopic (exact) mass is 273 g/mol. The number of amides is 1. The number of imidazole rings is 1. The number of hydrogen-bond donors (Lipinski definition) is 1. The second kappa shape index (κ2) is 6.86. The maximum Gasteiger partial charge on any atom is 0.253 e. The van der Waals surface area contributed by atoms with E-state index < -0.39 is 6.10 Å². The van der Waals surface area contributed by atoms with Crippen molar-refractivity contribution in [1.82, 2.24) is 14.9 Å².